The topological polar surface area (TPSA) is 85.2 Å². The second-order valence-electron chi connectivity index (χ2n) is 7.36. The van der Waals surface area contributed by atoms with Crippen molar-refractivity contribution in [3.8, 4) is 5.75 Å². The van der Waals surface area contributed by atoms with Gasteiger partial charge in [-0.1, -0.05) is 42.5 Å². The number of carbonyl (C=O) groups excluding carboxylic acids is 2. The van der Waals surface area contributed by atoms with Crippen LogP contribution in [0.1, 0.15) is 27.3 Å². The SMILES string of the molecule is COc1ccc(CC(=O)N[C@H]2Cc3cc(C(=O)NCc4ccccc4)nn3C2)cc1. The smallest absolute Gasteiger partial charge is 0.272 e. The number of amides is 2. The fraction of sp³-hybridized carbons (Fsp3) is 0.261. The summed E-state index contributed by atoms with van der Waals surface area (Å²) in [6.45, 7) is 1.03. The Morgan fingerprint density at radius 2 is 1.87 bits per heavy atom. The minimum absolute atomic E-state index is 0.0142. The largest absolute Gasteiger partial charge is 0.497 e. The number of aromatic nitrogens is 2. The molecule has 1 aliphatic heterocycles. The van der Waals surface area contributed by atoms with E-state index in [0.29, 0.717) is 31.6 Å². The summed E-state index contributed by atoms with van der Waals surface area (Å²) < 4.78 is 6.94. The molecule has 1 atom stereocenters. The van der Waals surface area contributed by atoms with E-state index in [9.17, 15) is 9.59 Å². The zero-order chi connectivity index (χ0) is 20.9. The van der Waals surface area contributed by atoms with Crippen LogP contribution in [0.4, 0.5) is 0 Å². The molecule has 0 aliphatic carbocycles. The molecule has 154 valence electrons. The van der Waals surface area contributed by atoms with Crippen molar-refractivity contribution in [3.63, 3.8) is 0 Å². The van der Waals surface area contributed by atoms with E-state index < -0.39 is 0 Å². The van der Waals surface area contributed by atoms with E-state index in [1.807, 2.05) is 54.6 Å². The molecular weight excluding hydrogens is 380 g/mol. The van der Waals surface area contributed by atoms with E-state index in [2.05, 4.69) is 15.7 Å². The van der Waals surface area contributed by atoms with E-state index in [0.717, 1.165) is 22.6 Å². The Kier molecular flexibility index (Phi) is 5.79. The molecule has 7 heteroatoms. The van der Waals surface area contributed by atoms with Crippen molar-refractivity contribution in [2.24, 2.45) is 0 Å². The second-order valence-corrected chi connectivity index (χ2v) is 7.36. The molecule has 1 aromatic heterocycles. The number of nitrogens with zero attached hydrogens (tertiary/aromatic N) is 2. The van der Waals surface area contributed by atoms with Gasteiger partial charge in [0, 0.05) is 18.7 Å². The van der Waals surface area contributed by atoms with E-state index in [4.69, 9.17) is 4.74 Å². The highest BCUT2D eigenvalue weighted by Gasteiger charge is 2.26. The van der Waals surface area contributed by atoms with Gasteiger partial charge in [-0.15, -0.1) is 0 Å². The maximum atomic E-state index is 12.4. The molecular formula is C23H24N4O3. The van der Waals surface area contributed by atoms with Crippen LogP contribution < -0.4 is 15.4 Å². The summed E-state index contributed by atoms with van der Waals surface area (Å²) in [6, 6.07) is 19.0. The number of carbonyl (C=O) groups is 2. The highest BCUT2D eigenvalue weighted by Crippen LogP contribution is 2.17. The lowest BCUT2D eigenvalue weighted by atomic mass is 10.1. The zero-order valence-electron chi connectivity index (χ0n) is 16.8. The highest BCUT2D eigenvalue weighted by molar-refractivity contribution is 5.92. The molecule has 30 heavy (non-hydrogen) atoms. The standard InChI is InChI=1S/C23H24N4O3/c1-30-20-9-7-16(8-10-20)11-22(28)25-18-12-19-13-21(26-27(19)15-18)23(29)24-14-17-5-3-2-4-6-17/h2-10,13,18H,11-12,14-15H2,1H3,(H,24,29)(H,25,28)/t18-/m0/s1. The van der Waals surface area contributed by atoms with Crippen molar-refractivity contribution in [1.82, 2.24) is 20.4 Å². The number of rotatable bonds is 7. The molecule has 0 unspecified atom stereocenters. The van der Waals surface area contributed by atoms with E-state index in [1.165, 1.54) is 0 Å². The number of ether oxygens (including phenoxy) is 1. The van der Waals surface area contributed by atoms with Crippen LogP contribution in [0.15, 0.2) is 60.7 Å². The minimum atomic E-state index is -0.194. The van der Waals surface area contributed by atoms with E-state index in [-0.39, 0.29) is 17.9 Å². The van der Waals surface area contributed by atoms with E-state index in [1.54, 1.807) is 17.9 Å². The Labute approximate surface area is 175 Å². The van der Waals surface area contributed by atoms with Crippen molar-refractivity contribution >= 4 is 11.8 Å². The third kappa shape index (κ3) is 4.68. The number of benzene rings is 2. The molecule has 2 amide bonds. The Morgan fingerprint density at radius 1 is 1.10 bits per heavy atom. The molecule has 0 saturated heterocycles. The summed E-state index contributed by atoms with van der Waals surface area (Å²) >= 11 is 0. The third-order valence-corrected chi connectivity index (χ3v) is 5.13. The van der Waals surface area contributed by atoms with Gasteiger partial charge >= 0.3 is 0 Å². The van der Waals surface area contributed by atoms with Gasteiger partial charge < -0.3 is 15.4 Å². The van der Waals surface area contributed by atoms with Crippen molar-refractivity contribution < 1.29 is 14.3 Å². The molecule has 2 aromatic carbocycles. The van der Waals surface area contributed by atoms with Crippen LogP contribution in [0.25, 0.3) is 0 Å². The van der Waals surface area contributed by atoms with Crippen molar-refractivity contribution in [2.75, 3.05) is 7.11 Å². The van der Waals surface area contributed by atoms with Crippen molar-refractivity contribution in [3.05, 3.63) is 83.2 Å². The molecule has 0 radical (unpaired) electrons. The van der Waals surface area contributed by atoms with Gasteiger partial charge in [0.05, 0.1) is 26.1 Å². The fourth-order valence-electron chi connectivity index (χ4n) is 3.59. The van der Waals surface area contributed by atoms with E-state index >= 15 is 0 Å². The summed E-state index contributed by atoms with van der Waals surface area (Å²) in [6.07, 6.45) is 0.975. The zero-order valence-corrected chi connectivity index (χ0v) is 16.8. The number of fused-ring (bicyclic) bond motifs is 1. The third-order valence-electron chi connectivity index (χ3n) is 5.13. The average Bonchev–Trinajstić information content (AvgIpc) is 3.32. The summed E-state index contributed by atoms with van der Waals surface area (Å²) in [4.78, 5) is 24.7. The number of hydrogen-bond acceptors (Lipinski definition) is 4. The maximum Gasteiger partial charge on any atom is 0.272 e. The summed E-state index contributed by atoms with van der Waals surface area (Å²) in [5, 5.41) is 10.3. The molecule has 0 spiro atoms. The molecule has 0 fully saturated rings. The predicted octanol–water partition coefficient (Wildman–Crippen LogP) is 2.11. The van der Waals surface area contributed by atoms with Crippen LogP contribution in [0.2, 0.25) is 0 Å². The van der Waals surface area contributed by atoms with Crippen LogP contribution >= 0.6 is 0 Å². The van der Waals surface area contributed by atoms with Gasteiger partial charge in [-0.2, -0.15) is 5.10 Å². The lowest BCUT2D eigenvalue weighted by Gasteiger charge is -2.12. The number of methoxy groups -OCH3 is 1. The number of hydrogen-bond donors (Lipinski definition) is 2. The first kappa shape index (κ1) is 19.7. The molecule has 4 rings (SSSR count). The molecule has 2 N–H and O–H groups in total. The fourth-order valence-corrected chi connectivity index (χ4v) is 3.59. The lowest BCUT2D eigenvalue weighted by Crippen LogP contribution is -2.37. The van der Waals surface area contributed by atoms with Crippen LogP contribution in [-0.4, -0.2) is 34.7 Å². The van der Waals surface area contributed by atoms with Gasteiger partial charge in [0.15, 0.2) is 0 Å². The average molecular weight is 404 g/mol. The van der Waals surface area contributed by atoms with Crippen LogP contribution in [0, 0.1) is 0 Å². The summed E-state index contributed by atoms with van der Waals surface area (Å²) in [7, 11) is 1.61. The Balaban J connectivity index is 1.27. The van der Waals surface area contributed by atoms with Crippen LogP contribution in [-0.2, 0) is 30.7 Å². The lowest BCUT2D eigenvalue weighted by molar-refractivity contribution is -0.121. The molecule has 0 saturated carbocycles. The monoisotopic (exact) mass is 404 g/mol. The predicted molar refractivity (Wildman–Crippen MR) is 112 cm³/mol. The molecule has 0 bridgehead atoms. The minimum Gasteiger partial charge on any atom is -0.497 e. The molecule has 2 heterocycles. The Bertz CT molecular complexity index is 1000. The van der Waals surface area contributed by atoms with Gasteiger partial charge in [0.25, 0.3) is 5.91 Å². The van der Waals surface area contributed by atoms with Crippen molar-refractivity contribution in [2.45, 2.75) is 32.0 Å². The van der Waals surface area contributed by atoms with Gasteiger partial charge in [-0.3, -0.25) is 14.3 Å². The normalized spacial score (nSPS) is 14.8. The quantitative estimate of drug-likeness (QED) is 0.632. The maximum absolute atomic E-state index is 12.4. The van der Waals surface area contributed by atoms with Crippen LogP contribution in [0.3, 0.4) is 0 Å². The first-order chi connectivity index (χ1) is 14.6. The van der Waals surface area contributed by atoms with Gasteiger partial charge in [-0.05, 0) is 29.3 Å². The highest BCUT2D eigenvalue weighted by atomic mass is 16.5. The molecule has 3 aromatic rings. The van der Waals surface area contributed by atoms with Gasteiger partial charge in [0.2, 0.25) is 5.91 Å². The first-order valence-corrected chi connectivity index (χ1v) is 9.92. The summed E-state index contributed by atoms with van der Waals surface area (Å²) in [5.41, 5.74) is 3.33. The Morgan fingerprint density at radius 3 is 2.57 bits per heavy atom. The van der Waals surface area contributed by atoms with Gasteiger partial charge in [0.1, 0.15) is 11.4 Å². The Hall–Kier alpha value is -3.61. The molecule has 7 nitrogen and oxygen atoms in total. The first-order valence-electron chi connectivity index (χ1n) is 9.92. The second kappa shape index (κ2) is 8.82. The number of nitrogens with one attached hydrogen (secondary N) is 2. The van der Waals surface area contributed by atoms with Crippen LogP contribution in [0.5, 0.6) is 5.75 Å². The summed E-state index contributed by atoms with van der Waals surface area (Å²) in [5.74, 6) is 0.543. The van der Waals surface area contributed by atoms with Gasteiger partial charge in [-0.25, -0.2) is 0 Å². The van der Waals surface area contributed by atoms with Crippen molar-refractivity contribution in [1.29, 1.82) is 0 Å². The molecule has 1 aliphatic rings.